The van der Waals surface area contributed by atoms with Crippen LogP contribution in [0.15, 0.2) is 79.1 Å². The minimum absolute atomic E-state index is 0.158. The molecule has 2 aromatic heterocycles. The molecule has 0 aliphatic heterocycles. The summed E-state index contributed by atoms with van der Waals surface area (Å²) in [6.07, 6.45) is 4.40. The van der Waals surface area contributed by atoms with Crippen LogP contribution in [0.3, 0.4) is 0 Å². The Balaban J connectivity index is 1.44. The highest BCUT2D eigenvalue weighted by atomic mass is 35.5. The molecule has 0 spiro atoms. The standard InChI is InChI=1S/C29H29Cl2N5O3/c1-2-35(26(29(32)38)16-20-8-4-3-5-9-20)27(37)11-7-15-39-28-18-25(21-10-6-14-33-19-21)34-36(28)22-12-13-23(30)24(31)17-22/h3-6,8-10,12-14,17-19,26H,2,7,11,15-16H2,1H3,(H2,32,38)/t26-/m0/s1. The van der Waals surface area contributed by atoms with Crippen molar-refractivity contribution in [1.82, 2.24) is 19.7 Å². The van der Waals surface area contributed by atoms with E-state index in [-0.39, 0.29) is 18.9 Å². The molecule has 2 N–H and O–H groups in total. The number of likely N-dealkylation sites (N-methyl/N-ethyl adjacent to an activating group) is 1. The van der Waals surface area contributed by atoms with Crippen LogP contribution in [0.4, 0.5) is 0 Å². The second-order valence-corrected chi connectivity index (χ2v) is 9.67. The summed E-state index contributed by atoms with van der Waals surface area (Å²) in [4.78, 5) is 31.0. The Morgan fingerprint density at radius 1 is 1.05 bits per heavy atom. The molecule has 0 aliphatic carbocycles. The average Bonchev–Trinajstić information content (AvgIpc) is 3.37. The number of benzene rings is 2. The lowest BCUT2D eigenvalue weighted by molar-refractivity contribution is -0.139. The molecule has 1 atom stereocenters. The van der Waals surface area contributed by atoms with Crippen molar-refractivity contribution in [2.45, 2.75) is 32.2 Å². The van der Waals surface area contributed by atoms with Gasteiger partial charge in [-0.25, -0.2) is 4.68 Å². The Morgan fingerprint density at radius 2 is 1.85 bits per heavy atom. The van der Waals surface area contributed by atoms with Gasteiger partial charge >= 0.3 is 0 Å². The highest BCUT2D eigenvalue weighted by molar-refractivity contribution is 6.42. The smallest absolute Gasteiger partial charge is 0.240 e. The first-order valence-corrected chi connectivity index (χ1v) is 13.3. The summed E-state index contributed by atoms with van der Waals surface area (Å²) < 4.78 is 7.71. The van der Waals surface area contributed by atoms with E-state index >= 15 is 0 Å². The molecular weight excluding hydrogens is 537 g/mol. The van der Waals surface area contributed by atoms with Gasteiger partial charge in [-0.2, -0.15) is 5.10 Å². The zero-order valence-electron chi connectivity index (χ0n) is 21.5. The van der Waals surface area contributed by atoms with Crippen LogP contribution in [-0.2, 0) is 16.0 Å². The Morgan fingerprint density at radius 3 is 2.51 bits per heavy atom. The largest absolute Gasteiger partial charge is 0.478 e. The van der Waals surface area contributed by atoms with Crippen molar-refractivity contribution in [3.63, 3.8) is 0 Å². The molecule has 4 rings (SSSR count). The van der Waals surface area contributed by atoms with Crippen LogP contribution >= 0.6 is 23.2 Å². The predicted molar refractivity (Wildman–Crippen MR) is 152 cm³/mol. The number of amides is 2. The molecule has 10 heteroatoms. The fraction of sp³-hybridized carbons (Fsp3) is 0.241. The van der Waals surface area contributed by atoms with Crippen LogP contribution in [0.2, 0.25) is 10.0 Å². The number of hydrogen-bond donors (Lipinski definition) is 1. The van der Waals surface area contributed by atoms with Crippen LogP contribution in [0.5, 0.6) is 5.88 Å². The van der Waals surface area contributed by atoms with Gasteiger partial charge in [0.15, 0.2) is 0 Å². The highest BCUT2D eigenvalue weighted by Gasteiger charge is 2.27. The zero-order chi connectivity index (χ0) is 27.8. The molecule has 0 aliphatic rings. The van der Waals surface area contributed by atoms with Crippen LogP contribution in [0, 0.1) is 0 Å². The van der Waals surface area contributed by atoms with E-state index in [2.05, 4.69) is 10.1 Å². The number of halogens is 2. The number of carbonyl (C=O) groups is 2. The summed E-state index contributed by atoms with van der Waals surface area (Å²) in [6, 6.07) is 19.5. The number of hydrogen-bond acceptors (Lipinski definition) is 5. The summed E-state index contributed by atoms with van der Waals surface area (Å²) >= 11 is 12.3. The monoisotopic (exact) mass is 565 g/mol. The van der Waals surface area contributed by atoms with Crippen molar-refractivity contribution < 1.29 is 14.3 Å². The first kappa shape index (κ1) is 28.1. The van der Waals surface area contributed by atoms with Gasteiger partial charge < -0.3 is 15.4 Å². The van der Waals surface area contributed by atoms with Gasteiger partial charge in [0, 0.05) is 43.4 Å². The zero-order valence-corrected chi connectivity index (χ0v) is 23.0. The number of carbonyl (C=O) groups excluding carboxylic acids is 2. The number of rotatable bonds is 12. The maximum Gasteiger partial charge on any atom is 0.240 e. The lowest BCUT2D eigenvalue weighted by Gasteiger charge is -2.29. The van der Waals surface area contributed by atoms with Crippen molar-refractivity contribution >= 4 is 35.0 Å². The maximum absolute atomic E-state index is 13.1. The Bertz CT molecular complexity index is 1410. The molecule has 0 radical (unpaired) electrons. The Labute approximate surface area is 237 Å². The highest BCUT2D eigenvalue weighted by Crippen LogP contribution is 2.30. The van der Waals surface area contributed by atoms with Gasteiger partial charge in [-0.05, 0) is 49.2 Å². The molecule has 202 valence electrons. The van der Waals surface area contributed by atoms with E-state index in [1.165, 1.54) is 4.90 Å². The molecule has 0 fully saturated rings. The van der Waals surface area contributed by atoms with E-state index in [4.69, 9.17) is 33.7 Å². The number of pyridine rings is 1. The quantitative estimate of drug-likeness (QED) is 0.233. The van der Waals surface area contributed by atoms with Gasteiger partial charge in [0.2, 0.25) is 17.7 Å². The van der Waals surface area contributed by atoms with Crippen LogP contribution in [0.25, 0.3) is 16.9 Å². The molecule has 2 aromatic carbocycles. The average molecular weight is 566 g/mol. The first-order valence-electron chi connectivity index (χ1n) is 12.6. The topological polar surface area (TPSA) is 103 Å². The number of ether oxygens (including phenoxy) is 1. The third-order valence-electron chi connectivity index (χ3n) is 6.20. The lowest BCUT2D eigenvalue weighted by Crippen LogP contribution is -2.49. The molecule has 0 unspecified atom stereocenters. The van der Waals surface area contributed by atoms with E-state index < -0.39 is 11.9 Å². The molecule has 4 aromatic rings. The molecule has 0 bridgehead atoms. The second-order valence-electron chi connectivity index (χ2n) is 8.86. The number of nitrogens with two attached hydrogens (primary N) is 1. The maximum atomic E-state index is 13.1. The summed E-state index contributed by atoms with van der Waals surface area (Å²) in [6.45, 7) is 2.46. The normalized spacial score (nSPS) is 11.7. The second kappa shape index (κ2) is 13.3. The molecule has 0 saturated carbocycles. The lowest BCUT2D eigenvalue weighted by atomic mass is 10.0. The molecule has 39 heavy (non-hydrogen) atoms. The fourth-order valence-corrected chi connectivity index (χ4v) is 4.53. The molecular formula is C29H29Cl2N5O3. The van der Waals surface area contributed by atoms with Crippen molar-refractivity contribution in [3.05, 3.63) is 94.7 Å². The number of primary amides is 1. The fourth-order valence-electron chi connectivity index (χ4n) is 4.24. The van der Waals surface area contributed by atoms with E-state index in [0.717, 1.165) is 11.1 Å². The van der Waals surface area contributed by atoms with Gasteiger partial charge in [-0.15, -0.1) is 0 Å². The molecule has 2 amide bonds. The van der Waals surface area contributed by atoms with Crippen LogP contribution < -0.4 is 10.5 Å². The van der Waals surface area contributed by atoms with Gasteiger partial charge in [0.25, 0.3) is 0 Å². The first-order chi connectivity index (χ1) is 18.9. The number of aromatic nitrogens is 3. The third-order valence-corrected chi connectivity index (χ3v) is 6.94. The Hall–Kier alpha value is -3.88. The summed E-state index contributed by atoms with van der Waals surface area (Å²) in [5.41, 5.74) is 8.79. The van der Waals surface area contributed by atoms with Gasteiger partial charge in [-0.1, -0.05) is 53.5 Å². The summed E-state index contributed by atoms with van der Waals surface area (Å²) in [5.74, 6) is -0.209. The predicted octanol–water partition coefficient (Wildman–Crippen LogP) is 5.35. The summed E-state index contributed by atoms with van der Waals surface area (Å²) in [5, 5.41) is 5.51. The number of nitrogens with zero attached hydrogens (tertiary/aromatic N) is 4. The third kappa shape index (κ3) is 7.16. The van der Waals surface area contributed by atoms with Crippen LogP contribution in [0.1, 0.15) is 25.3 Å². The molecule has 0 saturated heterocycles. The minimum Gasteiger partial charge on any atom is -0.478 e. The van der Waals surface area contributed by atoms with E-state index in [9.17, 15) is 9.59 Å². The van der Waals surface area contributed by atoms with Gasteiger partial charge in [0.05, 0.1) is 28.0 Å². The van der Waals surface area contributed by atoms with Gasteiger partial charge in [-0.3, -0.25) is 14.6 Å². The van der Waals surface area contributed by atoms with E-state index in [0.29, 0.717) is 46.7 Å². The van der Waals surface area contributed by atoms with Crippen molar-refractivity contribution in [2.75, 3.05) is 13.2 Å². The van der Waals surface area contributed by atoms with Crippen molar-refractivity contribution in [1.29, 1.82) is 0 Å². The van der Waals surface area contributed by atoms with E-state index in [1.54, 1.807) is 35.3 Å². The SMILES string of the molecule is CCN(C(=O)CCCOc1cc(-c2cccnc2)nn1-c1ccc(Cl)c(Cl)c1)[C@@H](Cc1ccccc1)C(N)=O. The minimum atomic E-state index is -0.719. The van der Waals surface area contributed by atoms with Crippen LogP contribution in [-0.4, -0.2) is 50.7 Å². The Kier molecular flexibility index (Phi) is 9.57. The van der Waals surface area contributed by atoms with Crippen molar-refractivity contribution in [2.24, 2.45) is 5.73 Å². The molecule has 8 nitrogen and oxygen atoms in total. The molecule has 2 heterocycles. The van der Waals surface area contributed by atoms with Gasteiger partial charge in [0.1, 0.15) is 6.04 Å². The van der Waals surface area contributed by atoms with Crippen molar-refractivity contribution in [3.8, 4) is 22.8 Å². The summed E-state index contributed by atoms with van der Waals surface area (Å²) in [7, 11) is 0. The van der Waals surface area contributed by atoms with E-state index in [1.807, 2.05) is 55.5 Å².